The van der Waals surface area contributed by atoms with Crippen LogP contribution in [0.15, 0.2) is 97.2 Å². The molecule has 2 nitrogen and oxygen atoms in total. The molecule has 2 heterocycles. The monoisotopic (exact) mass is 320 g/mol. The molecule has 0 spiro atoms. The molecule has 0 aliphatic heterocycles. The van der Waals surface area contributed by atoms with Crippen LogP contribution in [0.25, 0.3) is 38.7 Å². The van der Waals surface area contributed by atoms with E-state index in [1.165, 1.54) is 27.6 Å². The lowest BCUT2D eigenvalue weighted by Crippen LogP contribution is -1.97. The van der Waals surface area contributed by atoms with Crippen LogP contribution in [0.5, 0.6) is 0 Å². The van der Waals surface area contributed by atoms with Gasteiger partial charge in [-0.2, -0.15) is 5.10 Å². The van der Waals surface area contributed by atoms with Crippen molar-refractivity contribution in [2.75, 3.05) is 0 Å². The lowest BCUT2D eigenvalue weighted by molar-refractivity contribution is 1.01. The summed E-state index contributed by atoms with van der Waals surface area (Å²) in [5.41, 5.74) is 7.17. The highest BCUT2D eigenvalue weighted by Crippen LogP contribution is 2.40. The molecular weight excluding hydrogens is 304 g/mol. The lowest BCUT2D eigenvalue weighted by atomic mass is 9.91. The van der Waals surface area contributed by atoms with Crippen LogP contribution in [0.2, 0.25) is 0 Å². The van der Waals surface area contributed by atoms with Crippen LogP contribution < -0.4 is 0 Å². The fourth-order valence-corrected chi connectivity index (χ4v) is 3.62. The van der Waals surface area contributed by atoms with E-state index >= 15 is 0 Å². The van der Waals surface area contributed by atoms with E-state index in [1.807, 2.05) is 10.7 Å². The Hall–Kier alpha value is -3.39. The SMILES string of the molecule is c1ccc(-c2c(-c3ccccc3)c3ccnn3c3ccccc23)cc1. The van der Waals surface area contributed by atoms with Crippen molar-refractivity contribution in [1.29, 1.82) is 0 Å². The van der Waals surface area contributed by atoms with Crippen molar-refractivity contribution < 1.29 is 0 Å². The highest BCUT2D eigenvalue weighted by atomic mass is 15.2. The summed E-state index contributed by atoms with van der Waals surface area (Å²) in [7, 11) is 0. The molecule has 2 aromatic heterocycles. The fraction of sp³-hybridized carbons (Fsp3) is 0. The molecule has 0 aliphatic carbocycles. The number of aromatic nitrogens is 2. The van der Waals surface area contributed by atoms with E-state index in [2.05, 4.69) is 96.1 Å². The van der Waals surface area contributed by atoms with Crippen LogP contribution in [-0.2, 0) is 0 Å². The van der Waals surface area contributed by atoms with Crippen molar-refractivity contribution >= 4 is 16.4 Å². The molecule has 2 heteroatoms. The summed E-state index contributed by atoms with van der Waals surface area (Å²) in [6.45, 7) is 0. The van der Waals surface area contributed by atoms with Crippen molar-refractivity contribution in [2.45, 2.75) is 0 Å². The Morgan fingerprint density at radius 1 is 0.520 bits per heavy atom. The molecule has 0 radical (unpaired) electrons. The van der Waals surface area contributed by atoms with Gasteiger partial charge in [0, 0.05) is 16.5 Å². The first kappa shape index (κ1) is 14.0. The van der Waals surface area contributed by atoms with E-state index in [4.69, 9.17) is 0 Å². The Bertz CT molecular complexity index is 1170. The first-order valence-corrected chi connectivity index (χ1v) is 8.43. The van der Waals surface area contributed by atoms with Crippen LogP contribution >= 0.6 is 0 Å². The van der Waals surface area contributed by atoms with Gasteiger partial charge in [-0.25, -0.2) is 4.52 Å². The average molecular weight is 320 g/mol. The fourth-order valence-electron chi connectivity index (χ4n) is 3.62. The number of rotatable bonds is 2. The standard InChI is InChI=1S/C23H16N2/c1-3-9-17(10-4-1)22-19-13-7-8-14-20(19)25-21(15-16-24-25)23(22)18-11-5-2-6-12-18/h1-16H. The molecule has 0 amide bonds. The average Bonchev–Trinajstić information content (AvgIpc) is 3.18. The minimum Gasteiger partial charge on any atom is -0.232 e. The van der Waals surface area contributed by atoms with Crippen LogP contribution in [0.1, 0.15) is 0 Å². The molecule has 0 N–H and O–H groups in total. The Labute approximate surface area is 146 Å². The summed E-state index contributed by atoms with van der Waals surface area (Å²) >= 11 is 0. The Morgan fingerprint density at radius 3 is 1.84 bits per heavy atom. The quantitative estimate of drug-likeness (QED) is 0.400. The predicted octanol–water partition coefficient (Wildman–Crippen LogP) is 5.82. The van der Waals surface area contributed by atoms with Gasteiger partial charge in [-0.05, 0) is 23.3 Å². The number of fused-ring (bicyclic) bond motifs is 3. The maximum absolute atomic E-state index is 4.58. The molecule has 0 bridgehead atoms. The van der Waals surface area contributed by atoms with Gasteiger partial charge in [0.1, 0.15) is 0 Å². The molecule has 0 saturated carbocycles. The van der Waals surface area contributed by atoms with Gasteiger partial charge in [0.05, 0.1) is 17.2 Å². The first-order chi connectivity index (χ1) is 12.4. The highest BCUT2D eigenvalue weighted by Gasteiger charge is 2.17. The maximum Gasteiger partial charge on any atom is 0.0753 e. The van der Waals surface area contributed by atoms with E-state index in [9.17, 15) is 0 Å². The minimum atomic E-state index is 1.13. The van der Waals surface area contributed by atoms with Crippen LogP contribution in [0, 0.1) is 0 Å². The topological polar surface area (TPSA) is 17.3 Å². The second kappa shape index (κ2) is 5.60. The van der Waals surface area contributed by atoms with E-state index < -0.39 is 0 Å². The third-order valence-corrected chi connectivity index (χ3v) is 4.68. The van der Waals surface area contributed by atoms with Gasteiger partial charge in [0.2, 0.25) is 0 Å². The van der Waals surface area contributed by atoms with E-state index in [1.54, 1.807) is 0 Å². The van der Waals surface area contributed by atoms with Crippen LogP contribution in [-0.4, -0.2) is 9.61 Å². The summed E-state index contributed by atoms with van der Waals surface area (Å²) in [6, 6.07) is 31.8. The largest absolute Gasteiger partial charge is 0.232 e. The summed E-state index contributed by atoms with van der Waals surface area (Å²) in [4.78, 5) is 0. The van der Waals surface area contributed by atoms with Gasteiger partial charge in [-0.15, -0.1) is 0 Å². The number of nitrogens with zero attached hydrogens (tertiary/aromatic N) is 2. The number of hydrogen-bond donors (Lipinski definition) is 0. The summed E-state index contributed by atoms with van der Waals surface area (Å²) in [5.74, 6) is 0. The maximum atomic E-state index is 4.58. The zero-order valence-corrected chi connectivity index (χ0v) is 13.6. The third-order valence-electron chi connectivity index (χ3n) is 4.68. The zero-order valence-electron chi connectivity index (χ0n) is 13.6. The van der Waals surface area contributed by atoms with Gasteiger partial charge in [0.15, 0.2) is 0 Å². The molecular formula is C23H16N2. The van der Waals surface area contributed by atoms with Gasteiger partial charge in [-0.1, -0.05) is 78.9 Å². The first-order valence-electron chi connectivity index (χ1n) is 8.43. The molecule has 5 aromatic rings. The molecule has 0 saturated heterocycles. The predicted molar refractivity (Wildman–Crippen MR) is 104 cm³/mol. The number of pyridine rings is 1. The minimum absolute atomic E-state index is 1.13. The Kier molecular flexibility index (Phi) is 3.14. The molecule has 0 atom stereocenters. The molecule has 0 unspecified atom stereocenters. The summed E-state index contributed by atoms with van der Waals surface area (Å²) in [6.07, 6.45) is 1.88. The molecule has 25 heavy (non-hydrogen) atoms. The van der Waals surface area contributed by atoms with Crippen molar-refractivity contribution in [1.82, 2.24) is 9.61 Å². The molecule has 118 valence electrons. The molecule has 3 aromatic carbocycles. The summed E-state index contributed by atoms with van der Waals surface area (Å²) < 4.78 is 2.05. The number of para-hydroxylation sites is 1. The molecule has 0 aliphatic rings. The van der Waals surface area contributed by atoms with Crippen molar-refractivity contribution in [2.24, 2.45) is 0 Å². The van der Waals surface area contributed by atoms with Crippen molar-refractivity contribution in [3.63, 3.8) is 0 Å². The zero-order chi connectivity index (χ0) is 16.6. The van der Waals surface area contributed by atoms with E-state index in [0.717, 1.165) is 11.0 Å². The number of hydrogen-bond acceptors (Lipinski definition) is 1. The molecule has 5 rings (SSSR count). The second-order valence-corrected chi connectivity index (χ2v) is 6.13. The lowest BCUT2D eigenvalue weighted by Gasteiger charge is -2.16. The molecule has 0 fully saturated rings. The Balaban J connectivity index is 2.04. The summed E-state index contributed by atoms with van der Waals surface area (Å²) in [5, 5.41) is 5.80. The van der Waals surface area contributed by atoms with Crippen molar-refractivity contribution in [3.8, 4) is 22.3 Å². The van der Waals surface area contributed by atoms with Crippen LogP contribution in [0.4, 0.5) is 0 Å². The smallest absolute Gasteiger partial charge is 0.0753 e. The second-order valence-electron chi connectivity index (χ2n) is 6.13. The normalized spacial score (nSPS) is 11.2. The van der Waals surface area contributed by atoms with Gasteiger partial charge in [0.25, 0.3) is 0 Å². The highest BCUT2D eigenvalue weighted by molar-refractivity contribution is 6.08. The van der Waals surface area contributed by atoms with Gasteiger partial charge < -0.3 is 0 Å². The van der Waals surface area contributed by atoms with Crippen molar-refractivity contribution in [3.05, 3.63) is 97.2 Å². The number of benzene rings is 3. The third kappa shape index (κ3) is 2.15. The van der Waals surface area contributed by atoms with Crippen LogP contribution in [0.3, 0.4) is 0 Å². The van der Waals surface area contributed by atoms with Gasteiger partial charge in [-0.3, -0.25) is 0 Å². The van der Waals surface area contributed by atoms with Gasteiger partial charge >= 0.3 is 0 Å². The Morgan fingerprint density at radius 2 is 1.12 bits per heavy atom. The van der Waals surface area contributed by atoms with E-state index in [-0.39, 0.29) is 0 Å². The van der Waals surface area contributed by atoms with E-state index in [0.29, 0.717) is 0 Å².